The summed E-state index contributed by atoms with van der Waals surface area (Å²) in [5, 5.41) is 13.9. The summed E-state index contributed by atoms with van der Waals surface area (Å²) in [7, 11) is 0. The first-order valence-corrected chi connectivity index (χ1v) is 6.42. The molecule has 0 amide bonds. The van der Waals surface area contributed by atoms with Crippen LogP contribution in [0, 0.1) is 23.0 Å². The van der Waals surface area contributed by atoms with Crippen LogP contribution in [0.1, 0.15) is 24.8 Å². The molecule has 1 N–H and O–H groups in total. The van der Waals surface area contributed by atoms with Crippen molar-refractivity contribution < 1.29 is 4.92 Å². The van der Waals surface area contributed by atoms with E-state index in [0.29, 0.717) is 15.9 Å². The van der Waals surface area contributed by atoms with Crippen LogP contribution in [0.25, 0.3) is 0 Å². The Morgan fingerprint density at radius 3 is 2.94 bits per heavy atom. The molecule has 1 aliphatic carbocycles. The van der Waals surface area contributed by atoms with Gasteiger partial charge in [-0.25, -0.2) is 4.98 Å². The minimum absolute atomic E-state index is 0.0459. The van der Waals surface area contributed by atoms with Crippen molar-refractivity contribution in [2.75, 3.05) is 11.9 Å². The molecule has 1 heterocycles. The molecule has 1 aliphatic rings. The van der Waals surface area contributed by atoms with Crippen LogP contribution < -0.4 is 5.32 Å². The molecule has 1 aromatic heterocycles. The lowest BCUT2D eigenvalue weighted by Crippen LogP contribution is -2.06. The van der Waals surface area contributed by atoms with Crippen LogP contribution in [-0.4, -0.2) is 16.5 Å². The summed E-state index contributed by atoms with van der Waals surface area (Å²) in [6.45, 7) is 2.59. The lowest BCUT2D eigenvalue weighted by molar-refractivity contribution is -0.385. The first kappa shape index (κ1) is 12.3. The molecule has 6 heteroatoms. The second-order valence-electron chi connectivity index (χ2n) is 4.35. The Kier molecular flexibility index (Phi) is 3.61. The normalized spacial score (nSPS) is 14.7. The smallest absolute Gasteiger partial charge is 0.291 e. The monoisotopic (exact) mass is 299 g/mol. The summed E-state index contributed by atoms with van der Waals surface area (Å²) in [6.07, 6.45) is 5.11. The average molecular weight is 300 g/mol. The molecule has 0 spiro atoms. The lowest BCUT2D eigenvalue weighted by Gasteiger charge is -2.08. The zero-order valence-corrected chi connectivity index (χ0v) is 11.2. The predicted octanol–water partition coefficient (Wildman–Crippen LogP) is 3.27. The van der Waals surface area contributed by atoms with Crippen molar-refractivity contribution in [2.24, 2.45) is 5.92 Å². The molecule has 17 heavy (non-hydrogen) atoms. The van der Waals surface area contributed by atoms with Crippen LogP contribution >= 0.6 is 15.9 Å². The van der Waals surface area contributed by atoms with Crippen LogP contribution in [0.3, 0.4) is 0 Å². The van der Waals surface area contributed by atoms with E-state index in [2.05, 4.69) is 26.2 Å². The molecular formula is C11H14BrN3O2. The third-order valence-corrected chi connectivity index (χ3v) is 3.95. The van der Waals surface area contributed by atoms with Crippen molar-refractivity contribution in [3.8, 4) is 0 Å². The van der Waals surface area contributed by atoms with E-state index in [-0.39, 0.29) is 5.69 Å². The molecule has 2 rings (SSSR count). The van der Waals surface area contributed by atoms with Crippen LogP contribution in [0.15, 0.2) is 10.7 Å². The maximum Gasteiger partial charge on any atom is 0.291 e. The summed E-state index contributed by atoms with van der Waals surface area (Å²) < 4.78 is 0.683. The standard InChI is InChI=1S/C11H14BrN3O2/c1-7-9(15(16)17)6-14-11(10(7)12)13-5-4-8-2-3-8/h6,8H,2-5H2,1H3,(H,13,14). The molecule has 0 bridgehead atoms. The molecule has 0 aromatic carbocycles. The van der Waals surface area contributed by atoms with E-state index in [1.807, 2.05) is 0 Å². The van der Waals surface area contributed by atoms with E-state index in [0.717, 1.165) is 18.9 Å². The third kappa shape index (κ3) is 2.94. The van der Waals surface area contributed by atoms with Gasteiger partial charge in [0, 0.05) is 12.1 Å². The molecular weight excluding hydrogens is 286 g/mol. The van der Waals surface area contributed by atoms with E-state index >= 15 is 0 Å². The van der Waals surface area contributed by atoms with E-state index < -0.39 is 4.92 Å². The minimum atomic E-state index is -0.416. The van der Waals surface area contributed by atoms with Crippen molar-refractivity contribution in [3.63, 3.8) is 0 Å². The molecule has 92 valence electrons. The molecule has 5 nitrogen and oxygen atoms in total. The summed E-state index contributed by atoms with van der Waals surface area (Å²) in [4.78, 5) is 14.4. The summed E-state index contributed by atoms with van der Waals surface area (Å²) in [5.74, 6) is 1.55. The Balaban J connectivity index is 2.06. The number of nitro groups is 1. The topological polar surface area (TPSA) is 68.1 Å². The van der Waals surface area contributed by atoms with Gasteiger partial charge in [0.1, 0.15) is 12.0 Å². The van der Waals surface area contributed by atoms with Gasteiger partial charge in [-0.15, -0.1) is 0 Å². The molecule has 1 saturated carbocycles. The van der Waals surface area contributed by atoms with Gasteiger partial charge in [0.15, 0.2) is 0 Å². The van der Waals surface area contributed by atoms with E-state index in [4.69, 9.17) is 0 Å². The highest BCUT2D eigenvalue weighted by atomic mass is 79.9. The van der Waals surface area contributed by atoms with Crippen LogP contribution in [0.5, 0.6) is 0 Å². The second-order valence-corrected chi connectivity index (χ2v) is 5.14. The van der Waals surface area contributed by atoms with Crippen LogP contribution in [0.2, 0.25) is 0 Å². The highest BCUT2D eigenvalue weighted by Crippen LogP contribution is 2.33. The number of nitrogens with zero attached hydrogens (tertiary/aromatic N) is 2. The average Bonchev–Trinajstić information content (AvgIpc) is 3.08. The molecule has 0 saturated heterocycles. The summed E-state index contributed by atoms with van der Waals surface area (Å²) >= 11 is 3.35. The zero-order chi connectivity index (χ0) is 12.4. The van der Waals surface area contributed by atoms with E-state index in [1.54, 1.807) is 6.92 Å². The maximum atomic E-state index is 10.7. The van der Waals surface area contributed by atoms with Crippen molar-refractivity contribution in [3.05, 3.63) is 26.3 Å². The molecule has 0 radical (unpaired) electrons. The van der Waals surface area contributed by atoms with Gasteiger partial charge >= 0.3 is 0 Å². The molecule has 0 unspecified atom stereocenters. The van der Waals surface area contributed by atoms with Crippen molar-refractivity contribution in [1.82, 2.24) is 4.98 Å². The van der Waals surface area contributed by atoms with Crippen molar-refractivity contribution in [1.29, 1.82) is 0 Å². The van der Waals surface area contributed by atoms with Gasteiger partial charge < -0.3 is 5.32 Å². The fourth-order valence-corrected chi connectivity index (χ4v) is 2.12. The molecule has 0 atom stereocenters. The molecule has 1 aromatic rings. The van der Waals surface area contributed by atoms with E-state index in [9.17, 15) is 10.1 Å². The summed E-state index contributed by atoms with van der Waals surface area (Å²) in [6, 6.07) is 0. The van der Waals surface area contributed by atoms with Gasteiger partial charge in [-0.3, -0.25) is 10.1 Å². The zero-order valence-electron chi connectivity index (χ0n) is 9.57. The van der Waals surface area contributed by atoms with Gasteiger partial charge in [0.25, 0.3) is 5.69 Å². The fourth-order valence-electron chi connectivity index (χ4n) is 1.68. The number of hydrogen-bond donors (Lipinski definition) is 1. The van der Waals surface area contributed by atoms with Crippen LogP contribution in [0.4, 0.5) is 11.5 Å². The molecule has 1 fully saturated rings. The van der Waals surface area contributed by atoms with Gasteiger partial charge in [-0.05, 0) is 35.2 Å². The first-order chi connectivity index (χ1) is 8.09. The van der Waals surface area contributed by atoms with E-state index in [1.165, 1.54) is 19.0 Å². The Labute approximate surface area is 108 Å². The number of aromatic nitrogens is 1. The number of hydrogen-bond acceptors (Lipinski definition) is 4. The highest BCUT2D eigenvalue weighted by molar-refractivity contribution is 9.10. The quantitative estimate of drug-likeness (QED) is 0.669. The number of nitrogens with one attached hydrogen (secondary N) is 1. The summed E-state index contributed by atoms with van der Waals surface area (Å²) in [5.41, 5.74) is 0.656. The molecule has 0 aliphatic heterocycles. The van der Waals surface area contributed by atoms with Gasteiger partial charge in [0.2, 0.25) is 0 Å². The van der Waals surface area contributed by atoms with Gasteiger partial charge in [-0.1, -0.05) is 12.8 Å². The number of pyridine rings is 1. The SMILES string of the molecule is Cc1c([N+](=O)[O-])cnc(NCCC2CC2)c1Br. The third-order valence-electron chi connectivity index (χ3n) is 2.98. The Bertz CT molecular complexity index is 447. The fraction of sp³-hybridized carbons (Fsp3) is 0.545. The number of halogens is 1. The second kappa shape index (κ2) is 5.00. The highest BCUT2D eigenvalue weighted by Gasteiger charge is 2.21. The van der Waals surface area contributed by atoms with Gasteiger partial charge in [0.05, 0.1) is 9.40 Å². The van der Waals surface area contributed by atoms with Gasteiger partial charge in [-0.2, -0.15) is 0 Å². The Morgan fingerprint density at radius 2 is 2.35 bits per heavy atom. The predicted molar refractivity (Wildman–Crippen MR) is 69.2 cm³/mol. The van der Waals surface area contributed by atoms with Crippen molar-refractivity contribution in [2.45, 2.75) is 26.2 Å². The number of rotatable bonds is 5. The first-order valence-electron chi connectivity index (χ1n) is 5.63. The largest absolute Gasteiger partial charge is 0.369 e. The Morgan fingerprint density at radius 1 is 1.65 bits per heavy atom. The Hall–Kier alpha value is -1.17. The van der Waals surface area contributed by atoms with Crippen molar-refractivity contribution >= 4 is 27.4 Å². The minimum Gasteiger partial charge on any atom is -0.369 e. The van der Waals surface area contributed by atoms with Crippen LogP contribution in [-0.2, 0) is 0 Å². The maximum absolute atomic E-state index is 10.7. The number of anilines is 1. The lowest BCUT2D eigenvalue weighted by atomic mass is 10.2.